The lowest BCUT2D eigenvalue weighted by Gasteiger charge is -2.18. The number of rotatable bonds is 9. The van der Waals surface area contributed by atoms with Gasteiger partial charge in [-0.15, -0.1) is 0 Å². The third kappa shape index (κ3) is 5.42. The number of anilines is 2. The summed E-state index contributed by atoms with van der Waals surface area (Å²) < 4.78 is 0. The average molecular weight is 279 g/mol. The Labute approximate surface area is 121 Å². The first-order valence-corrected chi connectivity index (χ1v) is 7.29. The van der Waals surface area contributed by atoms with E-state index in [4.69, 9.17) is 0 Å². The zero-order valence-electron chi connectivity index (χ0n) is 12.6. The molecule has 112 valence electrons. The number of nitrogens with one attached hydrogen (secondary N) is 2. The van der Waals surface area contributed by atoms with Crippen LogP contribution >= 0.6 is 0 Å². The van der Waals surface area contributed by atoms with Crippen molar-refractivity contribution in [1.29, 1.82) is 0 Å². The van der Waals surface area contributed by atoms with Crippen LogP contribution < -0.4 is 10.6 Å². The van der Waals surface area contributed by atoms with E-state index in [9.17, 15) is 4.79 Å². The zero-order valence-corrected chi connectivity index (χ0v) is 12.6. The van der Waals surface area contributed by atoms with Gasteiger partial charge in [0.05, 0.1) is 0 Å². The van der Waals surface area contributed by atoms with Crippen molar-refractivity contribution in [1.82, 2.24) is 14.9 Å². The summed E-state index contributed by atoms with van der Waals surface area (Å²) in [7, 11) is 0. The second-order valence-electron chi connectivity index (χ2n) is 4.44. The third-order valence-electron chi connectivity index (χ3n) is 2.95. The van der Waals surface area contributed by atoms with Gasteiger partial charge in [0.2, 0.25) is 11.9 Å². The Morgan fingerprint density at radius 1 is 1.20 bits per heavy atom. The van der Waals surface area contributed by atoms with Crippen LogP contribution in [-0.2, 0) is 4.79 Å². The summed E-state index contributed by atoms with van der Waals surface area (Å²) >= 11 is 0. The van der Waals surface area contributed by atoms with Crippen LogP contribution in [0.4, 0.5) is 11.8 Å². The normalized spacial score (nSPS) is 10.2. The van der Waals surface area contributed by atoms with E-state index in [2.05, 4.69) is 27.5 Å². The minimum Gasteiger partial charge on any atom is -0.369 e. The van der Waals surface area contributed by atoms with Gasteiger partial charge in [-0.2, -0.15) is 4.98 Å². The number of carbonyl (C=O) groups excluding carboxylic acids is 1. The fourth-order valence-corrected chi connectivity index (χ4v) is 1.81. The second-order valence-corrected chi connectivity index (χ2v) is 4.44. The van der Waals surface area contributed by atoms with Crippen LogP contribution in [0.1, 0.15) is 33.6 Å². The van der Waals surface area contributed by atoms with E-state index in [1.807, 2.05) is 18.7 Å². The van der Waals surface area contributed by atoms with Gasteiger partial charge in [-0.25, -0.2) is 4.98 Å². The molecule has 0 fully saturated rings. The highest BCUT2D eigenvalue weighted by Crippen LogP contribution is 2.06. The molecule has 1 rings (SSSR count). The molecule has 0 aliphatic carbocycles. The van der Waals surface area contributed by atoms with Crippen molar-refractivity contribution >= 4 is 17.7 Å². The van der Waals surface area contributed by atoms with Crippen LogP contribution in [0.25, 0.3) is 0 Å². The molecule has 1 heterocycles. The fraction of sp³-hybridized carbons (Fsp3) is 0.643. The summed E-state index contributed by atoms with van der Waals surface area (Å²) in [5.41, 5.74) is 0. The molecule has 0 aliphatic heterocycles. The lowest BCUT2D eigenvalue weighted by molar-refractivity contribution is -0.130. The van der Waals surface area contributed by atoms with E-state index < -0.39 is 0 Å². The summed E-state index contributed by atoms with van der Waals surface area (Å²) in [4.78, 5) is 22.1. The van der Waals surface area contributed by atoms with Crippen molar-refractivity contribution in [2.45, 2.75) is 33.6 Å². The Bertz CT molecular complexity index is 406. The quantitative estimate of drug-likeness (QED) is 0.723. The van der Waals surface area contributed by atoms with Crippen molar-refractivity contribution < 1.29 is 4.79 Å². The van der Waals surface area contributed by atoms with Crippen molar-refractivity contribution in [3.05, 3.63) is 12.3 Å². The molecular formula is C14H25N5O. The molecule has 1 amide bonds. The maximum absolute atomic E-state index is 11.8. The van der Waals surface area contributed by atoms with Crippen LogP contribution in [0.15, 0.2) is 12.3 Å². The molecule has 0 saturated carbocycles. The molecule has 0 saturated heterocycles. The molecule has 0 bridgehead atoms. The molecule has 6 heteroatoms. The number of hydrogen-bond donors (Lipinski definition) is 2. The molecule has 0 spiro atoms. The molecule has 2 N–H and O–H groups in total. The van der Waals surface area contributed by atoms with Gasteiger partial charge in [0.25, 0.3) is 0 Å². The van der Waals surface area contributed by atoms with Gasteiger partial charge >= 0.3 is 0 Å². The minimum absolute atomic E-state index is 0.167. The maximum atomic E-state index is 11.8. The van der Waals surface area contributed by atoms with Gasteiger partial charge in [0.15, 0.2) is 0 Å². The molecular weight excluding hydrogens is 254 g/mol. The SMILES string of the molecule is CCCNc1nccc(NCCC(=O)N(CC)CC)n1. The molecule has 0 radical (unpaired) electrons. The van der Waals surface area contributed by atoms with Crippen LogP contribution in [0.3, 0.4) is 0 Å². The molecule has 20 heavy (non-hydrogen) atoms. The molecule has 0 aliphatic rings. The Balaban J connectivity index is 2.39. The van der Waals surface area contributed by atoms with E-state index in [0.29, 0.717) is 18.9 Å². The number of carbonyl (C=O) groups is 1. The van der Waals surface area contributed by atoms with E-state index in [1.54, 1.807) is 12.3 Å². The minimum atomic E-state index is 0.167. The van der Waals surface area contributed by atoms with Crippen LogP contribution in [0, 0.1) is 0 Å². The Morgan fingerprint density at radius 3 is 2.60 bits per heavy atom. The smallest absolute Gasteiger partial charge is 0.224 e. The van der Waals surface area contributed by atoms with Crippen molar-refractivity contribution in [2.75, 3.05) is 36.8 Å². The topological polar surface area (TPSA) is 70.2 Å². The highest BCUT2D eigenvalue weighted by atomic mass is 16.2. The maximum Gasteiger partial charge on any atom is 0.224 e. The van der Waals surface area contributed by atoms with Crippen molar-refractivity contribution in [2.24, 2.45) is 0 Å². The average Bonchev–Trinajstić information content (AvgIpc) is 2.47. The fourth-order valence-electron chi connectivity index (χ4n) is 1.81. The molecule has 0 unspecified atom stereocenters. The number of hydrogen-bond acceptors (Lipinski definition) is 5. The summed E-state index contributed by atoms with van der Waals surface area (Å²) in [5.74, 6) is 1.53. The zero-order chi connectivity index (χ0) is 14.8. The first-order chi connectivity index (χ1) is 9.71. The highest BCUT2D eigenvalue weighted by Gasteiger charge is 2.08. The molecule has 1 aromatic rings. The standard InChI is InChI=1S/C14H25N5O/c1-4-9-16-14-17-10-7-12(18-14)15-11-8-13(20)19(5-2)6-3/h7,10H,4-6,8-9,11H2,1-3H3,(H2,15,16,17,18). The predicted molar refractivity (Wildman–Crippen MR) is 81.8 cm³/mol. The number of nitrogens with zero attached hydrogens (tertiary/aromatic N) is 3. The van der Waals surface area contributed by atoms with E-state index >= 15 is 0 Å². The summed E-state index contributed by atoms with van der Waals surface area (Å²) in [6.07, 6.45) is 3.21. The summed E-state index contributed by atoms with van der Waals surface area (Å²) in [6.45, 7) is 9.02. The van der Waals surface area contributed by atoms with Crippen molar-refractivity contribution in [3.63, 3.8) is 0 Å². The second kappa shape index (κ2) is 9.12. The molecule has 6 nitrogen and oxygen atoms in total. The van der Waals surface area contributed by atoms with Crippen LogP contribution in [0.2, 0.25) is 0 Å². The van der Waals surface area contributed by atoms with Gasteiger partial charge in [0, 0.05) is 38.8 Å². The van der Waals surface area contributed by atoms with Gasteiger partial charge in [-0.05, 0) is 26.3 Å². The van der Waals surface area contributed by atoms with Crippen molar-refractivity contribution in [3.8, 4) is 0 Å². The molecule has 0 atom stereocenters. The van der Waals surface area contributed by atoms with Crippen LogP contribution in [-0.4, -0.2) is 47.0 Å². The lowest BCUT2D eigenvalue weighted by Crippen LogP contribution is -2.31. The first kappa shape index (κ1) is 16.2. The Kier molecular flexibility index (Phi) is 7.39. The monoisotopic (exact) mass is 279 g/mol. The Hall–Kier alpha value is -1.85. The van der Waals surface area contributed by atoms with Gasteiger partial charge in [-0.3, -0.25) is 4.79 Å². The predicted octanol–water partition coefficient (Wildman–Crippen LogP) is 1.97. The third-order valence-corrected chi connectivity index (χ3v) is 2.95. The summed E-state index contributed by atoms with van der Waals surface area (Å²) in [5, 5.41) is 6.29. The summed E-state index contributed by atoms with van der Waals surface area (Å²) in [6, 6.07) is 1.80. The van der Waals surface area contributed by atoms with Crippen LogP contribution in [0.5, 0.6) is 0 Å². The van der Waals surface area contributed by atoms with Gasteiger partial charge in [-0.1, -0.05) is 6.92 Å². The van der Waals surface area contributed by atoms with Gasteiger partial charge < -0.3 is 15.5 Å². The van der Waals surface area contributed by atoms with Gasteiger partial charge in [0.1, 0.15) is 5.82 Å². The molecule has 0 aromatic carbocycles. The number of aromatic nitrogens is 2. The largest absolute Gasteiger partial charge is 0.369 e. The lowest BCUT2D eigenvalue weighted by atomic mass is 10.3. The Morgan fingerprint density at radius 2 is 1.95 bits per heavy atom. The van der Waals surface area contributed by atoms with E-state index in [1.165, 1.54) is 0 Å². The van der Waals surface area contributed by atoms with E-state index in [-0.39, 0.29) is 5.91 Å². The molecule has 1 aromatic heterocycles. The highest BCUT2D eigenvalue weighted by molar-refractivity contribution is 5.76. The van der Waals surface area contributed by atoms with E-state index in [0.717, 1.165) is 31.9 Å². The first-order valence-electron chi connectivity index (χ1n) is 7.29. The number of amides is 1.